The summed E-state index contributed by atoms with van der Waals surface area (Å²) in [5, 5.41) is 0. The van der Waals surface area contributed by atoms with E-state index in [1.807, 2.05) is 0 Å². The number of primary amides is 1. The van der Waals surface area contributed by atoms with Crippen molar-refractivity contribution in [2.75, 3.05) is 20.6 Å². The summed E-state index contributed by atoms with van der Waals surface area (Å²) in [4.78, 5) is 14.7. The van der Waals surface area contributed by atoms with E-state index in [-0.39, 0.29) is 11.8 Å². The second-order valence-electron chi connectivity index (χ2n) is 13.8. The molecule has 0 aliphatic heterocycles. The van der Waals surface area contributed by atoms with Gasteiger partial charge < -0.3 is 10.6 Å². The number of allylic oxidation sites excluding steroid dienone is 8. The molecule has 45 heavy (non-hydrogen) atoms. The van der Waals surface area contributed by atoms with Crippen LogP contribution in [0.25, 0.3) is 0 Å². The molecule has 2 atom stereocenters. The Kier molecular flexibility index (Phi) is 34.0. The number of unbranched alkanes of at least 4 members (excludes halogenated alkanes) is 18. The van der Waals surface area contributed by atoms with Crippen molar-refractivity contribution < 1.29 is 4.79 Å². The Bertz CT molecular complexity index is 735. The van der Waals surface area contributed by atoms with Gasteiger partial charge in [0.1, 0.15) is 0 Å². The number of nitrogens with two attached hydrogens (primary N) is 1. The van der Waals surface area contributed by atoms with E-state index in [9.17, 15) is 4.79 Å². The van der Waals surface area contributed by atoms with Crippen LogP contribution in [0.1, 0.15) is 181 Å². The van der Waals surface area contributed by atoms with Crippen LogP contribution < -0.4 is 5.73 Å². The van der Waals surface area contributed by atoms with E-state index in [0.29, 0.717) is 5.92 Å². The number of nitrogens with zero attached hydrogens (tertiary/aromatic N) is 1. The van der Waals surface area contributed by atoms with Gasteiger partial charge in [-0.25, -0.2) is 0 Å². The van der Waals surface area contributed by atoms with Gasteiger partial charge in [0.15, 0.2) is 0 Å². The maximum Gasteiger partial charge on any atom is 0.220 e. The molecule has 0 spiro atoms. The molecular formula is C42H78N2O. The highest BCUT2D eigenvalue weighted by Crippen LogP contribution is 2.26. The lowest BCUT2D eigenvalue weighted by Gasteiger charge is -2.27. The van der Waals surface area contributed by atoms with Crippen molar-refractivity contribution in [3.05, 3.63) is 48.6 Å². The first-order valence-electron chi connectivity index (χ1n) is 19.6. The summed E-state index contributed by atoms with van der Waals surface area (Å²) in [6, 6.07) is 0. The van der Waals surface area contributed by atoms with Crippen LogP contribution in [-0.4, -0.2) is 31.4 Å². The lowest BCUT2D eigenvalue weighted by Crippen LogP contribution is -2.35. The van der Waals surface area contributed by atoms with Crippen LogP contribution in [0.5, 0.6) is 0 Å². The molecule has 3 nitrogen and oxygen atoms in total. The third-order valence-electron chi connectivity index (χ3n) is 9.03. The maximum absolute atomic E-state index is 12.5. The zero-order valence-electron chi connectivity index (χ0n) is 30.8. The minimum atomic E-state index is -0.0792. The Labute approximate surface area is 282 Å². The average Bonchev–Trinajstić information content (AvgIpc) is 3.01. The molecule has 0 heterocycles. The third kappa shape index (κ3) is 32.1. The Morgan fingerprint density at radius 1 is 0.511 bits per heavy atom. The summed E-state index contributed by atoms with van der Waals surface area (Å²) in [5.41, 5.74) is 5.96. The second kappa shape index (κ2) is 35.2. The zero-order chi connectivity index (χ0) is 33.1. The molecular weight excluding hydrogens is 548 g/mol. The van der Waals surface area contributed by atoms with Crippen LogP contribution in [0, 0.1) is 11.8 Å². The van der Waals surface area contributed by atoms with E-state index in [0.717, 1.165) is 38.6 Å². The lowest BCUT2D eigenvalue weighted by atomic mass is 9.83. The van der Waals surface area contributed by atoms with Gasteiger partial charge in [-0.15, -0.1) is 0 Å². The SMILES string of the molecule is CCCCC/C=C\C/C=C\CCCCCCCCC(CN(C)C)C(CCCCCCCC/C=C\C/C=C\CCCCC)C(N)=O. The van der Waals surface area contributed by atoms with E-state index in [4.69, 9.17) is 5.73 Å². The highest BCUT2D eigenvalue weighted by Gasteiger charge is 2.26. The van der Waals surface area contributed by atoms with E-state index in [2.05, 4.69) is 81.5 Å². The summed E-state index contributed by atoms with van der Waals surface area (Å²) >= 11 is 0. The molecule has 0 saturated carbocycles. The topological polar surface area (TPSA) is 46.3 Å². The molecule has 0 aromatic rings. The van der Waals surface area contributed by atoms with Gasteiger partial charge in [-0.3, -0.25) is 4.79 Å². The van der Waals surface area contributed by atoms with Gasteiger partial charge in [0.25, 0.3) is 0 Å². The summed E-state index contributed by atoms with van der Waals surface area (Å²) in [7, 11) is 4.26. The van der Waals surface area contributed by atoms with Gasteiger partial charge in [0, 0.05) is 12.5 Å². The van der Waals surface area contributed by atoms with Gasteiger partial charge in [-0.1, -0.05) is 152 Å². The number of amides is 1. The van der Waals surface area contributed by atoms with E-state index in [1.54, 1.807) is 0 Å². The van der Waals surface area contributed by atoms with Crippen LogP contribution in [0.4, 0.5) is 0 Å². The zero-order valence-corrected chi connectivity index (χ0v) is 30.8. The summed E-state index contributed by atoms with van der Waals surface area (Å²) < 4.78 is 0. The first-order chi connectivity index (χ1) is 22.0. The molecule has 1 amide bonds. The fourth-order valence-electron chi connectivity index (χ4n) is 6.25. The van der Waals surface area contributed by atoms with Crippen LogP contribution >= 0.6 is 0 Å². The maximum atomic E-state index is 12.5. The largest absolute Gasteiger partial charge is 0.369 e. The van der Waals surface area contributed by atoms with Crippen LogP contribution in [0.15, 0.2) is 48.6 Å². The minimum Gasteiger partial charge on any atom is -0.369 e. The summed E-state index contributed by atoms with van der Waals surface area (Å²) in [6.45, 7) is 5.49. The Morgan fingerprint density at radius 2 is 0.867 bits per heavy atom. The van der Waals surface area contributed by atoms with Crippen molar-refractivity contribution in [2.45, 2.75) is 181 Å². The Morgan fingerprint density at radius 3 is 1.24 bits per heavy atom. The van der Waals surface area contributed by atoms with Crippen molar-refractivity contribution >= 4 is 5.91 Å². The fourth-order valence-corrected chi connectivity index (χ4v) is 6.25. The molecule has 0 aromatic heterocycles. The molecule has 0 saturated heterocycles. The molecule has 2 unspecified atom stereocenters. The molecule has 0 radical (unpaired) electrons. The highest BCUT2D eigenvalue weighted by atomic mass is 16.1. The molecule has 0 bridgehead atoms. The lowest BCUT2D eigenvalue weighted by molar-refractivity contribution is -0.124. The van der Waals surface area contributed by atoms with E-state index >= 15 is 0 Å². The normalized spacial score (nSPS) is 13.8. The molecule has 262 valence electrons. The summed E-state index contributed by atoms with van der Waals surface area (Å²) in [5.74, 6) is 0.335. The second-order valence-corrected chi connectivity index (χ2v) is 13.8. The number of rotatable bonds is 34. The van der Waals surface area contributed by atoms with Gasteiger partial charge in [-0.05, 0) is 97.1 Å². The highest BCUT2D eigenvalue weighted by molar-refractivity contribution is 5.77. The molecule has 0 aliphatic carbocycles. The smallest absolute Gasteiger partial charge is 0.220 e. The van der Waals surface area contributed by atoms with Crippen LogP contribution in [0.3, 0.4) is 0 Å². The van der Waals surface area contributed by atoms with Crippen molar-refractivity contribution in [3.8, 4) is 0 Å². The Hall–Kier alpha value is -1.61. The predicted octanol–water partition coefficient (Wildman–Crippen LogP) is 12.7. The molecule has 2 N–H and O–H groups in total. The molecule has 0 aromatic carbocycles. The molecule has 0 fully saturated rings. The van der Waals surface area contributed by atoms with Crippen molar-refractivity contribution in [3.63, 3.8) is 0 Å². The molecule has 0 rings (SSSR count). The van der Waals surface area contributed by atoms with Gasteiger partial charge in [0.05, 0.1) is 0 Å². The minimum absolute atomic E-state index is 0.0243. The van der Waals surface area contributed by atoms with E-state index < -0.39 is 0 Å². The van der Waals surface area contributed by atoms with Crippen LogP contribution in [-0.2, 0) is 4.79 Å². The van der Waals surface area contributed by atoms with Gasteiger partial charge in [0.2, 0.25) is 5.91 Å². The van der Waals surface area contributed by atoms with Gasteiger partial charge in [-0.2, -0.15) is 0 Å². The third-order valence-corrected chi connectivity index (χ3v) is 9.03. The molecule has 0 aliphatic rings. The number of hydrogen-bond donors (Lipinski definition) is 1. The molecule has 3 heteroatoms. The monoisotopic (exact) mass is 627 g/mol. The Balaban J connectivity index is 4.00. The quantitative estimate of drug-likeness (QED) is 0.0570. The standard InChI is InChI=1S/C42H78N2O/c1-5-7-9-11-13-15-17-19-21-23-25-27-29-31-33-35-37-40(39-44(3)4)41(42(43)45)38-36-34-32-30-28-26-24-22-20-18-16-14-12-10-8-6-2/h13-16,19-22,40-41H,5-12,17-18,23-39H2,1-4H3,(H2,43,45)/b15-13-,16-14-,21-19-,22-20-. The number of carbonyl (C=O) groups is 1. The first-order valence-corrected chi connectivity index (χ1v) is 19.6. The van der Waals surface area contributed by atoms with E-state index in [1.165, 1.54) is 135 Å². The number of hydrogen-bond acceptors (Lipinski definition) is 2. The fraction of sp³-hybridized carbons (Fsp3) is 0.786. The summed E-state index contributed by atoms with van der Waals surface area (Å²) in [6.07, 6.45) is 51.1. The van der Waals surface area contributed by atoms with Crippen molar-refractivity contribution in [1.82, 2.24) is 4.90 Å². The first kappa shape index (κ1) is 43.4. The predicted molar refractivity (Wildman–Crippen MR) is 203 cm³/mol. The van der Waals surface area contributed by atoms with Gasteiger partial charge >= 0.3 is 0 Å². The average molecular weight is 627 g/mol. The number of carbonyl (C=O) groups excluding carboxylic acids is 1. The van der Waals surface area contributed by atoms with Crippen LogP contribution in [0.2, 0.25) is 0 Å². The van der Waals surface area contributed by atoms with Crippen molar-refractivity contribution in [1.29, 1.82) is 0 Å². The van der Waals surface area contributed by atoms with Crippen molar-refractivity contribution in [2.24, 2.45) is 17.6 Å².